The SMILES string of the molecule is CC1N(C)P(N(C)C)(N(C)C)=NP2(=NC(C)(C)C)N=P(N(C)C)(N(C)C)N(C)C(C)N(C)P(N(C)C)(=N2)N1C. The molecular weight excluding hydrogens is 570 g/mol. The molecule has 0 N–H and O–H groups in total. The average Bonchev–Trinajstić information content (AvgIpc) is 2.78. The zero-order valence-corrected chi connectivity index (χ0v) is 31.8. The van der Waals surface area contributed by atoms with E-state index in [4.69, 9.17) is 18.3 Å². The van der Waals surface area contributed by atoms with Crippen LogP contribution in [0, 0.1) is 0 Å². The first-order valence-corrected chi connectivity index (χ1v) is 19.8. The van der Waals surface area contributed by atoms with Crippen molar-refractivity contribution in [2.75, 3.05) is 98.7 Å². The first kappa shape index (κ1) is 35.8. The maximum absolute atomic E-state index is 5.99. The van der Waals surface area contributed by atoms with Crippen molar-refractivity contribution in [2.45, 2.75) is 52.5 Å². The van der Waals surface area contributed by atoms with Gasteiger partial charge in [0.1, 0.15) is 0 Å². The molecule has 2 atom stereocenters. The van der Waals surface area contributed by atoms with Crippen molar-refractivity contribution in [3.63, 3.8) is 0 Å². The summed E-state index contributed by atoms with van der Waals surface area (Å²) >= 11 is 0. The van der Waals surface area contributed by atoms with Gasteiger partial charge in [0.25, 0.3) is 0 Å². The van der Waals surface area contributed by atoms with Crippen molar-refractivity contribution in [1.82, 2.24) is 42.0 Å². The van der Waals surface area contributed by atoms with E-state index in [2.05, 4.69) is 175 Å². The molecule has 2 heterocycles. The molecule has 232 valence electrons. The van der Waals surface area contributed by atoms with Crippen LogP contribution in [0.5, 0.6) is 0 Å². The third kappa shape index (κ3) is 5.76. The van der Waals surface area contributed by atoms with E-state index in [1.165, 1.54) is 0 Å². The molecular formula is C22H59N13P4. The molecule has 39 heavy (non-hydrogen) atoms. The number of rotatable bonds is 5. The van der Waals surface area contributed by atoms with Crippen LogP contribution in [0.3, 0.4) is 0 Å². The summed E-state index contributed by atoms with van der Waals surface area (Å²) < 4.78 is 44.8. The smallest absolute Gasteiger partial charge is 0.252 e. The van der Waals surface area contributed by atoms with Crippen LogP contribution >= 0.6 is 30.0 Å². The van der Waals surface area contributed by atoms with Crippen molar-refractivity contribution in [2.24, 2.45) is 18.3 Å². The van der Waals surface area contributed by atoms with Crippen LogP contribution in [0.15, 0.2) is 18.3 Å². The van der Waals surface area contributed by atoms with Crippen LogP contribution in [0.25, 0.3) is 0 Å². The molecule has 0 fully saturated rings. The molecule has 2 unspecified atom stereocenters. The average molecular weight is 630 g/mol. The molecule has 2 bridgehead atoms. The van der Waals surface area contributed by atoms with Gasteiger partial charge in [-0.2, -0.15) is 13.5 Å². The summed E-state index contributed by atoms with van der Waals surface area (Å²) in [5.74, 6) is 0. The van der Waals surface area contributed by atoms with Crippen LogP contribution in [0.2, 0.25) is 0 Å². The molecule has 0 aromatic heterocycles. The fourth-order valence-electron chi connectivity index (χ4n) is 5.66. The molecule has 0 saturated carbocycles. The highest BCUT2D eigenvalue weighted by atomic mass is 31.3. The van der Waals surface area contributed by atoms with Crippen LogP contribution in [0.4, 0.5) is 0 Å². The van der Waals surface area contributed by atoms with E-state index in [9.17, 15) is 0 Å². The van der Waals surface area contributed by atoms with Crippen molar-refractivity contribution in [3.05, 3.63) is 0 Å². The highest BCUT2D eigenvalue weighted by molar-refractivity contribution is 7.81. The molecule has 2 aliphatic heterocycles. The summed E-state index contributed by atoms with van der Waals surface area (Å²) in [6.45, 7) is 11.0. The Morgan fingerprint density at radius 1 is 0.538 bits per heavy atom. The van der Waals surface area contributed by atoms with Crippen LogP contribution in [-0.4, -0.2) is 159 Å². The van der Waals surface area contributed by atoms with E-state index in [1.807, 2.05) is 0 Å². The molecule has 0 aromatic rings. The Hall–Kier alpha value is 0.560. The van der Waals surface area contributed by atoms with Crippen molar-refractivity contribution >= 4 is 30.0 Å². The van der Waals surface area contributed by atoms with Gasteiger partial charge < -0.3 is 0 Å². The fraction of sp³-hybridized carbons (Fsp3) is 1.00. The maximum Gasteiger partial charge on any atom is 0.306 e. The van der Waals surface area contributed by atoms with E-state index in [0.717, 1.165) is 0 Å². The van der Waals surface area contributed by atoms with E-state index < -0.39 is 35.6 Å². The van der Waals surface area contributed by atoms with Gasteiger partial charge in [-0.05, 0) is 133 Å². The Bertz CT molecular complexity index is 1030. The van der Waals surface area contributed by atoms with Crippen LogP contribution in [0.1, 0.15) is 34.6 Å². The van der Waals surface area contributed by atoms with Gasteiger partial charge in [-0.15, -0.1) is 0 Å². The monoisotopic (exact) mass is 629 g/mol. The number of nitrogens with zero attached hydrogens (tertiary/aromatic N) is 13. The molecule has 17 heteroatoms. The lowest BCUT2D eigenvalue weighted by Crippen LogP contribution is -2.52. The lowest BCUT2D eigenvalue weighted by molar-refractivity contribution is 0.189. The maximum atomic E-state index is 5.99. The van der Waals surface area contributed by atoms with Gasteiger partial charge in [-0.3, -0.25) is 23.4 Å². The normalized spacial score (nSPS) is 33.4. The van der Waals surface area contributed by atoms with Gasteiger partial charge >= 0.3 is 7.51 Å². The van der Waals surface area contributed by atoms with Crippen LogP contribution < -0.4 is 0 Å². The minimum atomic E-state index is -3.11. The summed E-state index contributed by atoms with van der Waals surface area (Å²) in [5, 5.41) is 0. The predicted octanol–water partition coefficient (Wildman–Crippen LogP) is 5.82. The summed E-state index contributed by atoms with van der Waals surface area (Å²) in [6, 6.07) is 0. The Balaban J connectivity index is 3.63. The quantitative estimate of drug-likeness (QED) is 0.350. The molecule has 13 nitrogen and oxygen atoms in total. The molecule has 0 aromatic carbocycles. The van der Waals surface area contributed by atoms with Crippen molar-refractivity contribution < 1.29 is 0 Å². The van der Waals surface area contributed by atoms with Crippen LogP contribution in [-0.2, 0) is 0 Å². The Labute approximate surface area is 241 Å². The van der Waals surface area contributed by atoms with Crippen molar-refractivity contribution in [3.8, 4) is 0 Å². The Morgan fingerprint density at radius 3 is 1.08 bits per heavy atom. The first-order chi connectivity index (χ1) is 17.5. The summed E-state index contributed by atoms with van der Waals surface area (Å²) in [4.78, 5) is 0. The molecule has 0 spiro atoms. The minimum Gasteiger partial charge on any atom is -0.252 e. The van der Waals surface area contributed by atoms with E-state index in [-0.39, 0.29) is 12.3 Å². The number of fused-ring (bicyclic) bond motifs is 1. The molecule has 2 aliphatic rings. The second kappa shape index (κ2) is 11.9. The fourth-order valence-corrected chi connectivity index (χ4v) is 25.3. The number of hydrogen-bond acceptors (Lipinski definition) is 10. The first-order valence-electron chi connectivity index (χ1n) is 13.4. The standard InChI is InChI=1S/C22H59N13P4/c1-20-32(16)37(27(6)7,28(8)9)24-36(23-22(3,4)5)25-38(29(10)11,30(12)13)33(17)21(2)35(19)39(26-36,31(14)15)34(20)18/h20-21H,1-19H3. The third-order valence-electron chi connectivity index (χ3n) is 7.69. The Morgan fingerprint density at radius 2 is 0.846 bits per heavy atom. The van der Waals surface area contributed by atoms with E-state index in [0.29, 0.717) is 0 Å². The van der Waals surface area contributed by atoms with E-state index in [1.54, 1.807) is 0 Å². The second-order valence-corrected chi connectivity index (χ2v) is 25.6. The lowest BCUT2D eigenvalue weighted by Gasteiger charge is -2.58. The molecule has 0 saturated heterocycles. The van der Waals surface area contributed by atoms with Gasteiger partial charge in [0.2, 0.25) is 0 Å². The largest absolute Gasteiger partial charge is 0.306 e. The lowest BCUT2D eigenvalue weighted by atomic mass is 10.1. The van der Waals surface area contributed by atoms with Gasteiger partial charge in [-0.25, -0.2) is 23.4 Å². The van der Waals surface area contributed by atoms with Crippen molar-refractivity contribution in [1.29, 1.82) is 0 Å². The zero-order valence-electron chi connectivity index (χ0n) is 28.3. The minimum absolute atomic E-state index is 0.0461. The van der Waals surface area contributed by atoms with Gasteiger partial charge in [0.15, 0.2) is 22.5 Å². The van der Waals surface area contributed by atoms with E-state index >= 15 is 0 Å². The topological polar surface area (TPSA) is 78.6 Å². The predicted molar refractivity (Wildman–Crippen MR) is 176 cm³/mol. The summed E-state index contributed by atoms with van der Waals surface area (Å²) in [5.41, 5.74) is -0.404. The van der Waals surface area contributed by atoms with Gasteiger partial charge in [0.05, 0.1) is 17.9 Å². The summed E-state index contributed by atoms with van der Waals surface area (Å²) in [7, 11) is 19.6. The zero-order chi connectivity index (χ0) is 30.7. The molecule has 2 rings (SSSR count). The molecule has 0 aliphatic carbocycles. The number of hydrogen-bond donors (Lipinski definition) is 0. The highest BCUT2D eigenvalue weighted by Gasteiger charge is 2.52. The second-order valence-electron chi connectivity index (χ2n) is 12.5. The molecule has 0 amide bonds. The third-order valence-corrected chi connectivity index (χ3v) is 24.4. The molecule has 0 radical (unpaired) electrons. The Kier molecular flexibility index (Phi) is 10.9. The summed E-state index contributed by atoms with van der Waals surface area (Å²) in [6.07, 6.45) is 0.0923. The highest BCUT2D eigenvalue weighted by Crippen LogP contribution is 2.82. The van der Waals surface area contributed by atoms with Gasteiger partial charge in [-0.1, -0.05) is 0 Å². The van der Waals surface area contributed by atoms with Gasteiger partial charge in [0, 0.05) is 0 Å².